The summed E-state index contributed by atoms with van der Waals surface area (Å²) in [6, 6.07) is 18.9. The third kappa shape index (κ3) is 9.46. The second-order valence-corrected chi connectivity index (χ2v) is 18.3. The minimum absolute atomic E-state index is 0.0414. The summed E-state index contributed by atoms with van der Waals surface area (Å²) in [5.74, 6) is 1.43. The molecule has 342 valence electrons. The maximum absolute atomic E-state index is 14.2. The lowest BCUT2D eigenvalue weighted by molar-refractivity contribution is -0.137. The second-order valence-electron chi connectivity index (χ2n) is 18.3. The van der Waals surface area contributed by atoms with E-state index < -0.39 is 24.3 Å². The first kappa shape index (κ1) is 44.0. The standard InChI is InChI=1S/C49H58N8O8/c1-28-20-40(56(26-28)46(58)42(54-48(60)61)32-12-16-64-17-13-32)44-50-24-38(52-44)31-6-4-30(5-7-31)34-8-9-36-23-37(11-10-35(36)22-34)39-25-51-45(53-39)41-21-29(2)27-57(41)47(59)43(55-49(62)63-3)33-14-18-65-19-15-33/h4-11,22-25,28-29,32-33,40-43,54H,12-21,26-27H2,1-3H3,(H,50,52)(H,51,53)(H,55,62)(H,60,61)/t28-,29-,40-,41-,42?,43?/m0/s1. The van der Waals surface area contributed by atoms with Gasteiger partial charge in [-0.05, 0) is 96.2 Å². The van der Waals surface area contributed by atoms with Crippen LogP contribution in [0.4, 0.5) is 9.59 Å². The summed E-state index contributed by atoms with van der Waals surface area (Å²) < 4.78 is 15.9. The van der Waals surface area contributed by atoms with Gasteiger partial charge in [0.1, 0.15) is 23.7 Å². The SMILES string of the molecule is COC(=O)NC(C(=O)N1C[C@@H](C)C[C@H]1c1nc(-c2ccc3cc(-c4ccc(-c5c[nH]c([C@@H]6C[C@H](C)CN6C(=O)C(NC(=O)O)C6CCOCC6)n5)cc4)ccc3c2)c[nH]1)C1CCOCC1. The molecule has 4 saturated heterocycles. The molecular formula is C49H58N8O8. The van der Waals surface area contributed by atoms with E-state index in [0.29, 0.717) is 71.0 Å². The molecule has 16 nitrogen and oxygen atoms in total. The van der Waals surface area contributed by atoms with Crippen molar-refractivity contribution in [3.05, 3.63) is 84.7 Å². The topological polar surface area (TPSA) is 204 Å². The molecule has 0 bridgehead atoms. The lowest BCUT2D eigenvalue weighted by Crippen LogP contribution is -2.53. The molecule has 4 fully saturated rings. The Labute approximate surface area is 377 Å². The highest BCUT2D eigenvalue weighted by Gasteiger charge is 2.43. The minimum Gasteiger partial charge on any atom is -0.465 e. The largest absolute Gasteiger partial charge is 0.465 e. The fraction of sp³-hybridized carbons (Fsp3) is 0.469. The second kappa shape index (κ2) is 19.1. The Morgan fingerprint density at radius 2 is 1.11 bits per heavy atom. The van der Waals surface area contributed by atoms with Crippen LogP contribution in [0, 0.1) is 23.7 Å². The average molecular weight is 887 g/mol. The minimum atomic E-state index is -1.20. The third-order valence-corrected chi connectivity index (χ3v) is 13.8. The summed E-state index contributed by atoms with van der Waals surface area (Å²) in [7, 11) is 1.31. The normalized spacial score (nSPS) is 22.8. The number of nitrogens with one attached hydrogen (secondary N) is 4. The van der Waals surface area contributed by atoms with Crippen molar-refractivity contribution in [1.82, 2.24) is 40.4 Å². The van der Waals surface area contributed by atoms with E-state index in [9.17, 15) is 24.3 Å². The number of rotatable bonds is 11. The molecule has 5 N–H and O–H groups in total. The van der Waals surface area contributed by atoms with Gasteiger partial charge in [0.2, 0.25) is 11.8 Å². The number of hydrogen-bond acceptors (Lipinski definition) is 9. The number of alkyl carbamates (subject to hydrolysis) is 1. The first-order valence-electron chi connectivity index (χ1n) is 22.9. The molecule has 5 aromatic rings. The molecule has 2 aromatic heterocycles. The van der Waals surface area contributed by atoms with Crippen LogP contribution in [-0.2, 0) is 23.8 Å². The number of amides is 4. The third-order valence-electron chi connectivity index (χ3n) is 13.8. The van der Waals surface area contributed by atoms with E-state index in [2.05, 4.69) is 95.1 Å². The lowest BCUT2D eigenvalue weighted by atomic mass is 9.90. The quantitative estimate of drug-likeness (QED) is 0.0894. The summed E-state index contributed by atoms with van der Waals surface area (Å²) in [4.78, 5) is 72.6. The zero-order chi connectivity index (χ0) is 45.2. The number of methoxy groups -OCH3 is 1. The van der Waals surface area contributed by atoms with Crippen molar-refractivity contribution in [2.24, 2.45) is 23.7 Å². The first-order valence-corrected chi connectivity index (χ1v) is 22.9. The van der Waals surface area contributed by atoms with Crippen molar-refractivity contribution in [2.75, 3.05) is 46.6 Å². The van der Waals surface area contributed by atoms with Gasteiger partial charge in [0, 0.05) is 63.0 Å². The van der Waals surface area contributed by atoms with Crippen LogP contribution in [0.1, 0.15) is 76.1 Å². The molecule has 3 aromatic carbocycles. The highest BCUT2D eigenvalue weighted by atomic mass is 16.5. The number of aromatic amines is 2. The molecule has 6 atom stereocenters. The van der Waals surface area contributed by atoms with Gasteiger partial charge < -0.3 is 49.7 Å². The van der Waals surface area contributed by atoms with Crippen molar-refractivity contribution < 1.29 is 38.5 Å². The van der Waals surface area contributed by atoms with Crippen molar-refractivity contribution in [2.45, 2.75) is 76.5 Å². The fourth-order valence-electron chi connectivity index (χ4n) is 10.4. The molecule has 65 heavy (non-hydrogen) atoms. The molecule has 4 aliphatic heterocycles. The Kier molecular flexibility index (Phi) is 12.9. The Morgan fingerprint density at radius 1 is 0.662 bits per heavy atom. The fourth-order valence-corrected chi connectivity index (χ4v) is 10.4. The van der Waals surface area contributed by atoms with E-state index in [1.807, 2.05) is 17.3 Å². The van der Waals surface area contributed by atoms with Crippen LogP contribution >= 0.6 is 0 Å². The van der Waals surface area contributed by atoms with Crippen LogP contribution in [0.2, 0.25) is 0 Å². The Bertz CT molecular complexity index is 2510. The lowest BCUT2D eigenvalue weighted by Gasteiger charge is -2.34. The first-order chi connectivity index (χ1) is 31.5. The molecule has 6 heterocycles. The van der Waals surface area contributed by atoms with Crippen molar-refractivity contribution >= 4 is 34.8 Å². The number of carboxylic acid groups (broad SMARTS) is 1. The number of fused-ring (bicyclic) bond motifs is 1. The predicted molar refractivity (Wildman–Crippen MR) is 242 cm³/mol. The Morgan fingerprint density at radius 3 is 1.62 bits per heavy atom. The van der Waals surface area contributed by atoms with Gasteiger partial charge >= 0.3 is 12.2 Å². The van der Waals surface area contributed by atoms with Crippen LogP contribution in [0.15, 0.2) is 73.1 Å². The van der Waals surface area contributed by atoms with Gasteiger partial charge in [-0.1, -0.05) is 62.4 Å². The van der Waals surface area contributed by atoms with E-state index in [-0.39, 0.29) is 47.6 Å². The number of ether oxygens (including phenoxy) is 3. The van der Waals surface area contributed by atoms with Crippen LogP contribution in [-0.4, -0.2) is 118 Å². The van der Waals surface area contributed by atoms with Crippen molar-refractivity contribution in [1.29, 1.82) is 0 Å². The number of likely N-dealkylation sites (tertiary alicyclic amines) is 2. The van der Waals surface area contributed by atoms with Gasteiger partial charge in [-0.3, -0.25) is 9.59 Å². The predicted octanol–water partition coefficient (Wildman–Crippen LogP) is 7.32. The molecular weight excluding hydrogens is 829 g/mol. The number of carbonyl (C=O) groups is 4. The molecule has 4 amide bonds. The summed E-state index contributed by atoms with van der Waals surface area (Å²) in [6.45, 7) is 7.47. The van der Waals surface area contributed by atoms with Crippen molar-refractivity contribution in [3.63, 3.8) is 0 Å². The maximum atomic E-state index is 14.2. The van der Waals surface area contributed by atoms with Gasteiger partial charge in [-0.2, -0.15) is 0 Å². The maximum Gasteiger partial charge on any atom is 0.407 e. The number of carbonyl (C=O) groups excluding carboxylic acids is 3. The monoisotopic (exact) mass is 886 g/mol. The van der Waals surface area contributed by atoms with Gasteiger partial charge in [-0.25, -0.2) is 19.6 Å². The van der Waals surface area contributed by atoms with Crippen LogP contribution in [0.5, 0.6) is 0 Å². The zero-order valence-electron chi connectivity index (χ0n) is 37.1. The smallest absolute Gasteiger partial charge is 0.407 e. The molecule has 0 saturated carbocycles. The number of benzene rings is 3. The van der Waals surface area contributed by atoms with Gasteiger partial charge in [-0.15, -0.1) is 0 Å². The van der Waals surface area contributed by atoms with Crippen LogP contribution < -0.4 is 10.6 Å². The molecule has 16 heteroatoms. The highest BCUT2D eigenvalue weighted by molar-refractivity contribution is 5.91. The summed E-state index contributed by atoms with van der Waals surface area (Å²) in [5, 5.41) is 17.1. The van der Waals surface area contributed by atoms with E-state index >= 15 is 0 Å². The molecule has 4 aliphatic rings. The highest BCUT2D eigenvalue weighted by Crippen LogP contribution is 2.39. The number of nitrogens with zero attached hydrogens (tertiary/aromatic N) is 4. The molecule has 0 aliphatic carbocycles. The van der Waals surface area contributed by atoms with E-state index in [1.165, 1.54) is 7.11 Å². The summed E-state index contributed by atoms with van der Waals surface area (Å²) in [5.41, 5.74) is 5.60. The van der Waals surface area contributed by atoms with Crippen LogP contribution in [0.3, 0.4) is 0 Å². The Balaban J connectivity index is 0.876. The van der Waals surface area contributed by atoms with E-state index in [0.717, 1.165) is 63.1 Å². The summed E-state index contributed by atoms with van der Waals surface area (Å²) in [6.07, 6.45) is 6.07. The zero-order valence-corrected chi connectivity index (χ0v) is 37.1. The van der Waals surface area contributed by atoms with Gasteiger partial charge in [0.25, 0.3) is 0 Å². The van der Waals surface area contributed by atoms with Gasteiger partial charge in [0.05, 0.1) is 30.6 Å². The molecule has 9 rings (SSSR count). The van der Waals surface area contributed by atoms with Gasteiger partial charge in [0.15, 0.2) is 0 Å². The number of H-pyrrole nitrogens is 2. The molecule has 2 unspecified atom stereocenters. The van der Waals surface area contributed by atoms with E-state index in [1.54, 1.807) is 4.90 Å². The molecule has 0 spiro atoms. The molecule has 0 radical (unpaired) electrons. The number of imidazole rings is 2. The van der Waals surface area contributed by atoms with Crippen molar-refractivity contribution in [3.8, 4) is 33.6 Å². The Hall–Kier alpha value is -6.26. The summed E-state index contributed by atoms with van der Waals surface area (Å²) >= 11 is 0. The average Bonchev–Trinajstić information content (AvgIpc) is 4.17. The number of hydrogen-bond donors (Lipinski definition) is 5. The van der Waals surface area contributed by atoms with E-state index in [4.69, 9.17) is 24.2 Å². The number of aromatic nitrogens is 4. The van der Waals surface area contributed by atoms with Crippen LogP contribution in [0.25, 0.3) is 44.4 Å².